The standard InChI is InChI=1S/C20H14BrN3O3/c1-27-15-5-2-12(3-6-15)17-9-19-22-10-13(11-24(19)23-17)20(26)16-8-14(21)4-7-18(16)25/h2-11,25H,1H3. The van der Waals surface area contributed by atoms with Crippen LogP contribution in [-0.4, -0.2) is 32.6 Å². The molecule has 0 aliphatic heterocycles. The number of methoxy groups -OCH3 is 1. The quantitative estimate of drug-likeness (QED) is 0.499. The molecular formula is C20H14BrN3O3. The summed E-state index contributed by atoms with van der Waals surface area (Å²) in [6.07, 6.45) is 3.09. The van der Waals surface area contributed by atoms with E-state index in [2.05, 4.69) is 26.0 Å². The van der Waals surface area contributed by atoms with E-state index < -0.39 is 0 Å². The number of phenols is 1. The largest absolute Gasteiger partial charge is 0.507 e. The van der Waals surface area contributed by atoms with Gasteiger partial charge in [0.2, 0.25) is 0 Å². The molecule has 0 radical (unpaired) electrons. The second-order valence-corrected chi connectivity index (χ2v) is 6.81. The molecule has 0 bridgehead atoms. The Morgan fingerprint density at radius 2 is 1.93 bits per heavy atom. The molecule has 134 valence electrons. The predicted molar refractivity (Wildman–Crippen MR) is 104 cm³/mol. The molecule has 2 heterocycles. The zero-order chi connectivity index (χ0) is 19.0. The van der Waals surface area contributed by atoms with Crippen molar-refractivity contribution < 1.29 is 14.6 Å². The molecule has 2 aromatic heterocycles. The molecule has 4 rings (SSSR count). The highest BCUT2D eigenvalue weighted by Crippen LogP contribution is 2.25. The Labute approximate surface area is 163 Å². The predicted octanol–water partition coefficient (Wildman–Crippen LogP) is 4.10. The lowest BCUT2D eigenvalue weighted by Gasteiger charge is -2.04. The summed E-state index contributed by atoms with van der Waals surface area (Å²) in [5, 5.41) is 14.5. The second kappa shape index (κ2) is 6.85. The van der Waals surface area contributed by atoms with Crippen molar-refractivity contribution in [1.82, 2.24) is 14.6 Å². The van der Waals surface area contributed by atoms with E-state index in [1.807, 2.05) is 30.3 Å². The molecule has 6 nitrogen and oxygen atoms in total. The van der Waals surface area contributed by atoms with Crippen molar-refractivity contribution in [2.75, 3.05) is 7.11 Å². The molecule has 4 aromatic rings. The minimum absolute atomic E-state index is 0.0808. The molecule has 27 heavy (non-hydrogen) atoms. The molecule has 0 saturated carbocycles. The first-order chi connectivity index (χ1) is 13.0. The van der Waals surface area contributed by atoms with Crippen LogP contribution in [0.25, 0.3) is 16.9 Å². The molecule has 0 atom stereocenters. The summed E-state index contributed by atoms with van der Waals surface area (Å²) in [5.41, 5.74) is 2.81. The number of ketones is 1. The van der Waals surface area contributed by atoms with Crippen LogP contribution in [0.4, 0.5) is 0 Å². The summed E-state index contributed by atoms with van der Waals surface area (Å²) >= 11 is 3.31. The Balaban J connectivity index is 1.72. The fraction of sp³-hybridized carbons (Fsp3) is 0.0500. The van der Waals surface area contributed by atoms with E-state index in [1.165, 1.54) is 12.3 Å². The van der Waals surface area contributed by atoms with Crippen molar-refractivity contribution >= 4 is 27.4 Å². The van der Waals surface area contributed by atoms with Gasteiger partial charge in [0.15, 0.2) is 11.4 Å². The average Bonchev–Trinajstić information content (AvgIpc) is 3.12. The van der Waals surface area contributed by atoms with Crippen LogP contribution in [0.5, 0.6) is 11.5 Å². The number of ether oxygens (including phenoxy) is 1. The van der Waals surface area contributed by atoms with Crippen LogP contribution in [0.1, 0.15) is 15.9 Å². The molecule has 0 aliphatic carbocycles. The van der Waals surface area contributed by atoms with Crippen LogP contribution in [0, 0.1) is 0 Å². The first-order valence-corrected chi connectivity index (χ1v) is 8.87. The highest BCUT2D eigenvalue weighted by atomic mass is 79.9. The number of aromatic hydroxyl groups is 1. The minimum Gasteiger partial charge on any atom is -0.507 e. The van der Waals surface area contributed by atoms with Crippen molar-refractivity contribution in [2.45, 2.75) is 0 Å². The summed E-state index contributed by atoms with van der Waals surface area (Å²) < 4.78 is 7.43. The molecule has 0 saturated heterocycles. The third kappa shape index (κ3) is 3.29. The zero-order valence-electron chi connectivity index (χ0n) is 14.3. The van der Waals surface area contributed by atoms with E-state index >= 15 is 0 Å². The fourth-order valence-corrected chi connectivity index (χ4v) is 3.10. The van der Waals surface area contributed by atoms with Gasteiger partial charge in [0.25, 0.3) is 0 Å². The van der Waals surface area contributed by atoms with E-state index in [0.29, 0.717) is 15.7 Å². The highest BCUT2D eigenvalue weighted by molar-refractivity contribution is 9.10. The van der Waals surface area contributed by atoms with Gasteiger partial charge in [-0.25, -0.2) is 9.50 Å². The third-order valence-electron chi connectivity index (χ3n) is 4.16. The van der Waals surface area contributed by atoms with E-state index in [9.17, 15) is 9.90 Å². The van der Waals surface area contributed by atoms with Crippen molar-refractivity contribution in [2.24, 2.45) is 0 Å². The van der Waals surface area contributed by atoms with Crippen molar-refractivity contribution in [3.05, 3.63) is 76.5 Å². The number of carbonyl (C=O) groups is 1. The normalized spacial score (nSPS) is 10.9. The maximum absolute atomic E-state index is 12.7. The summed E-state index contributed by atoms with van der Waals surface area (Å²) in [5.74, 6) is 0.356. The van der Waals surface area contributed by atoms with E-state index in [4.69, 9.17) is 4.74 Å². The molecule has 0 aliphatic rings. The van der Waals surface area contributed by atoms with Gasteiger partial charge in [0, 0.05) is 28.5 Å². The second-order valence-electron chi connectivity index (χ2n) is 5.89. The Morgan fingerprint density at radius 3 is 2.67 bits per heavy atom. The van der Waals surface area contributed by atoms with Crippen molar-refractivity contribution in [1.29, 1.82) is 0 Å². The topological polar surface area (TPSA) is 76.7 Å². The van der Waals surface area contributed by atoms with Crippen LogP contribution in [-0.2, 0) is 0 Å². The van der Waals surface area contributed by atoms with Gasteiger partial charge in [-0.1, -0.05) is 15.9 Å². The third-order valence-corrected chi connectivity index (χ3v) is 4.66. The molecule has 0 unspecified atom stereocenters. The van der Waals surface area contributed by atoms with Crippen LogP contribution in [0.15, 0.2) is 65.4 Å². The van der Waals surface area contributed by atoms with E-state index in [0.717, 1.165) is 17.0 Å². The van der Waals surface area contributed by atoms with Gasteiger partial charge in [-0.2, -0.15) is 5.10 Å². The number of fused-ring (bicyclic) bond motifs is 1. The molecule has 7 heteroatoms. The zero-order valence-corrected chi connectivity index (χ0v) is 15.8. The van der Waals surface area contributed by atoms with Crippen molar-refractivity contribution in [3.63, 3.8) is 0 Å². The number of nitrogens with zero attached hydrogens (tertiary/aromatic N) is 3. The van der Waals surface area contributed by atoms with Crippen molar-refractivity contribution in [3.8, 4) is 22.8 Å². The summed E-state index contributed by atoms with van der Waals surface area (Å²) in [7, 11) is 1.62. The molecule has 1 N–H and O–H groups in total. The molecule has 0 amide bonds. The van der Waals surface area contributed by atoms with Crippen LogP contribution < -0.4 is 4.74 Å². The minimum atomic E-state index is -0.329. The van der Waals surface area contributed by atoms with Gasteiger partial charge in [0.05, 0.1) is 23.9 Å². The van der Waals surface area contributed by atoms with Gasteiger partial charge in [-0.15, -0.1) is 0 Å². The summed E-state index contributed by atoms with van der Waals surface area (Å²) in [6, 6.07) is 14.1. The lowest BCUT2D eigenvalue weighted by molar-refractivity contribution is 0.103. The van der Waals surface area contributed by atoms with E-state index in [1.54, 1.807) is 30.0 Å². The van der Waals surface area contributed by atoms with Gasteiger partial charge >= 0.3 is 0 Å². The monoisotopic (exact) mass is 423 g/mol. The Kier molecular flexibility index (Phi) is 4.37. The van der Waals surface area contributed by atoms with Crippen LogP contribution in [0.2, 0.25) is 0 Å². The Hall–Kier alpha value is -3.19. The van der Waals surface area contributed by atoms with Gasteiger partial charge in [-0.3, -0.25) is 4.79 Å². The molecule has 0 spiro atoms. The number of aromatic nitrogens is 3. The summed E-state index contributed by atoms with van der Waals surface area (Å²) in [6.45, 7) is 0. The smallest absolute Gasteiger partial charge is 0.199 e. The first kappa shape index (κ1) is 17.2. The number of halogens is 1. The number of hydrogen-bond donors (Lipinski definition) is 1. The Morgan fingerprint density at radius 1 is 1.15 bits per heavy atom. The first-order valence-electron chi connectivity index (χ1n) is 8.08. The van der Waals surface area contributed by atoms with E-state index in [-0.39, 0.29) is 17.1 Å². The molecule has 2 aromatic carbocycles. The summed E-state index contributed by atoms with van der Waals surface area (Å²) in [4.78, 5) is 17.1. The number of carbonyl (C=O) groups excluding carboxylic acids is 1. The number of phenolic OH excluding ortho intramolecular Hbond substituents is 1. The average molecular weight is 424 g/mol. The maximum atomic E-state index is 12.7. The highest BCUT2D eigenvalue weighted by Gasteiger charge is 2.16. The number of benzene rings is 2. The molecular weight excluding hydrogens is 410 g/mol. The molecule has 0 fully saturated rings. The Bertz CT molecular complexity index is 1150. The van der Waals surface area contributed by atoms with Crippen LogP contribution >= 0.6 is 15.9 Å². The fourth-order valence-electron chi connectivity index (χ4n) is 2.74. The SMILES string of the molecule is COc1ccc(-c2cc3ncc(C(=O)c4cc(Br)ccc4O)cn3n2)cc1. The maximum Gasteiger partial charge on any atom is 0.199 e. The van der Waals surface area contributed by atoms with Gasteiger partial charge < -0.3 is 9.84 Å². The van der Waals surface area contributed by atoms with Crippen LogP contribution in [0.3, 0.4) is 0 Å². The lowest BCUT2D eigenvalue weighted by atomic mass is 10.1. The lowest BCUT2D eigenvalue weighted by Crippen LogP contribution is -2.05. The number of hydrogen-bond acceptors (Lipinski definition) is 5. The number of rotatable bonds is 4. The van der Waals surface area contributed by atoms with Gasteiger partial charge in [0.1, 0.15) is 11.5 Å². The van der Waals surface area contributed by atoms with Gasteiger partial charge in [-0.05, 0) is 42.5 Å².